The summed E-state index contributed by atoms with van der Waals surface area (Å²) in [6.07, 6.45) is 0. The van der Waals surface area contributed by atoms with Gasteiger partial charge < -0.3 is 10.6 Å². The van der Waals surface area contributed by atoms with Crippen molar-refractivity contribution in [2.45, 2.75) is 25.9 Å². The Morgan fingerprint density at radius 3 is 1.65 bits per heavy atom. The van der Waals surface area contributed by atoms with Crippen LogP contribution in [-0.4, -0.2) is 16.8 Å². The monoisotopic (exact) mass is 385 g/mol. The van der Waals surface area contributed by atoms with Crippen molar-refractivity contribution < 1.29 is 9.59 Å². The zero-order valence-electron chi connectivity index (χ0n) is 14.4. The average molecular weight is 386 g/mol. The minimum atomic E-state index is -0.299. The SMILES string of the molecule is CC(NC(=O)c1cccc(C(=O)NC(C)c2cccs2)n1)c1cccs1. The maximum Gasteiger partial charge on any atom is 0.270 e. The lowest BCUT2D eigenvalue weighted by Gasteiger charge is -2.13. The van der Waals surface area contributed by atoms with Crippen LogP contribution in [0.1, 0.15) is 56.7 Å². The van der Waals surface area contributed by atoms with Crippen LogP contribution in [0.4, 0.5) is 0 Å². The van der Waals surface area contributed by atoms with Gasteiger partial charge in [-0.1, -0.05) is 18.2 Å². The molecule has 2 unspecified atom stereocenters. The number of nitrogens with zero attached hydrogens (tertiary/aromatic N) is 1. The molecule has 0 bridgehead atoms. The summed E-state index contributed by atoms with van der Waals surface area (Å²) in [5.41, 5.74) is 0.453. The van der Waals surface area contributed by atoms with Crippen molar-refractivity contribution >= 4 is 34.5 Å². The topological polar surface area (TPSA) is 71.1 Å². The molecule has 0 radical (unpaired) electrons. The summed E-state index contributed by atoms with van der Waals surface area (Å²) in [5, 5.41) is 9.75. The van der Waals surface area contributed by atoms with Crippen molar-refractivity contribution in [2.75, 3.05) is 0 Å². The lowest BCUT2D eigenvalue weighted by atomic mass is 10.2. The minimum absolute atomic E-state index is 0.111. The zero-order chi connectivity index (χ0) is 18.5. The van der Waals surface area contributed by atoms with Gasteiger partial charge in [-0.3, -0.25) is 9.59 Å². The summed E-state index contributed by atoms with van der Waals surface area (Å²) >= 11 is 3.17. The molecule has 3 heterocycles. The second-order valence-corrected chi connectivity index (χ2v) is 7.79. The molecule has 0 spiro atoms. The molecule has 2 atom stereocenters. The van der Waals surface area contributed by atoms with Crippen molar-refractivity contribution in [3.05, 3.63) is 74.4 Å². The van der Waals surface area contributed by atoms with E-state index in [1.54, 1.807) is 40.9 Å². The Morgan fingerprint density at radius 2 is 1.27 bits per heavy atom. The second kappa shape index (κ2) is 8.25. The van der Waals surface area contributed by atoms with E-state index in [9.17, 15) is 9.59 Å². The van der Waals surface area contributed by atoms with E-state index in [0.717, 1.165) is 9.75 Å². The van der Waals surface area contributed by atoms with Gasteiger partial charge in [-0.15, -0.1) is 22.7 Å². The fourth-order valence-corrected chi connectivity index (χ4v) is 3.92. The van der Waals surface area contributed by atoms with Crippen molar-refractivity contribution in [1.82, 2.24) is 15.6 Å². The van der Waals surface area contributed by atoms with Gasteiger partial charge in [0.1, 0.15) is 11.4 Å². The Hall–Kier alpha value is -2.51. The van der Waals surface area contributed by atoms with Crippen LogP contribution in [0.25, 0.3) is 0 Å². The highest BCUT2D eigenvalue weighted by atomic mass is 32.1. The number of amides is 2. The Labute approximate surface area is 160 Å². The first-order chi connectivity index (χ1) is 12.5. The molecule has 2 amide bonds. The molecule has 0 aliphatic carbocycles. The highest BCUT2D eigenvalue weighted by molar-refractivity contribution is 7.10. The predicted molar refractivity (Wildman–Crippen MR) is 105 cm³/mol. The maximum atomic E-state index is 12.4. The van der Waals surface area contributed by atoms with E-state index in [4.69, 9.17) is 0 Å². The number of thiophene rings is 2. The Bertz CT molecular complexity index is 807. The van der Waals surface area contributed by atoms with Gasteiger partial charge >= 0.3 is 0 Å². The van der Waals surface area contributed by atoms with E-state index in [1.807, 2.05) is 48.9 Å². The van der Waals surface area contributed by atoms with Crippen LogP contribution < -0.4 is 10.6 Å². The Balaban J connectivity index is 1.67. The van der Waals surface area contributed by atoms with Gasteiger partial charge in [0.05, 0.1) is 12.1 Å². The van der Waals surface area contributed by atoms with Gasteiger partial charge in [0.25, 0.3) is 11.8 Å². The van der Waals surface area contributed by atoms with E-state index >= 15 is 0 Å². The summed E-state index contributed by atoms with van der Waals surface area (Å²) in [4.78, 5) is 31.2. The first kappa shape index (κ1) is 18.3. The predicted octanol–water partition coefficient (Wildman–Crippen LogP) is 4.19. The van der Waals surface area contributed by atoms with Crippen LogP contribution in [0.3, 0.4) is 0 Å². The third-order valence-corrected chi connectivity index (χ3v) is 5.96. The highest BCUT2D eigenvalue weighted by Gasteiger charge is 2.17. The van der Waals surface area contributed by atoms with Crippen LogP contribution in [0.15, 0.2) is 53.2 Å². The maximum absolute atomic E-state index is 12.4. The van der Waals surface area contributed by atoms with Crippen LogP contribution in [0.2, 0.25) is 0 Å². The van der Waals surface area contributed by atoms with Crippen molar-refractivity contribution in [1.29, 1.82) is 0 Å². The number of nitrogens with one attached hydrogen (secondary N) is 2. The molecule has 0 fully saturated rings. The Kier molecular flexibility index (Phi) is 5.80. The summed E-state index contributed by atoms with van der Waals surface area (Å²) in [6, 6.07) is 12.5. The van der Waals surface area contributed by atoms with Crippen LogP contribution in [0, 0.1) is 0 Å². The van der Waals surface area contributed by atoms with E-state index in [1.165, 1.54) is 0 Å². The summed E-state index contributed by atoms with van der Waals surface area (Å²) in [7, 11) is 0. The number of pyridine rings is 1. The highest BCUT2D eigenvalue weighted by Crippen LogP contribution is 2.19. The third-order valence-electron chi connectivity index (χ3n) is 3.85. The number of hydrogen-bond donors (Lipinski definition) is 2. The van der Waals surface area contributed by atoms with E-state index < -0.39 is 0 Å². The number of carbonyl (C=O) groups excluding carboxylic acids is 2. The smallest absolute Gasteiger partial charge is 0.270 e. The molecule has 0 aliphatic rings. The van der Waals surface area contributed by atoms with E-state index in [2.05, 4.69) is 15.6 Å². The number of carbonyl (C=O) groups is 2. The standard InChI is InChI=1S/C19H19N3O2S2/c1-12(16-8-4-10-25-16)20-18(23)14-6-3-7-15(22-14)19(24)21-13(2)17-9-5-11-26-17/h3-13H,1-2H3,(H,20,23)(H,21,24). The van der Waals surface area contributed by atoms with Crippen molar-refractivity contribution in [3.8, 4) is 0 Å². The lowest BCUT2D eigenvalue weighted by Crippen LogP contribution is -2.29. The van der Waals surface area contributed by atoms with Gasteiger partial charge in [-0.25, -0.2) is 4.98 Å². The molecule has 3 aromatic heterocycles. The molecule has 7 heteroatoms. The van der Waals surface area contributed by atoms with Gasteiger partial charge in [0.2, 0.25) is 0 Å². The second-order valence-electron chi connectivity index (χ2n) is 5.83. The molecule has 3 rings (SSSR count). The number of hydrogen-bond acceptors (Lipinski definition) is 5. The number of aromatic nitrogens is 1. The summed E-state index contributed by atoms with van der Waals surface area (Å²) < 4.78 is 0. The average Bonchev–Trinajstić information content (AvgIpc) is 3.35. The molecular formula is C19H19N3O2S2. The van der Waals surface area contributed by atoms with E-state index in [0.29, 0.717) is 0 Å². The largest absolute Gasteiger partial charge is 0.343 e. The zero-order valence-corrected chi connectivity index (χ0v) is 16.1. The fraction of sp³-hybridized carbons (Fsp3) is 0.211. The molecule has 26 heavy (non-hydrogen) atoms. The summed E-state index contributed by atoms with van der Waals surface area (Å²) in [5.74, 6) is -0.598. The van der Waals surface area contributed by atoms with Gasteiger partial charge in [-0.05, 0) is 48.9 Å². The van der Waals surface area contributed by atoms with Crippen LogP contribution >= 0.6 is 22.7 Å². The molecule has 134 valence electrons. The molecule has 3 aromatic rings. The molecule has 0 saturated heterocycles. The van der Waals surface area contributed by atoms with Gasteiger partial charge in [0.15, 0.2) is 0 Å². The van der Waals surface area contributed by atoms with Gasteiger partial charge in [-0.2, -0.15) is 0 Å². The summed E-state index contributed by atoms with van der Waals surface area (Å²) in [6.45, 7) is 3.84. The molecule has 5 nitrogen and oxygen atoms in total. The Morgan fingerprint density at radius 1 is 0.808 bits per heavy atom. The fourth-order valence-electron chi connectivity index (χ4n) is 2.45. The normalized spacial score (nSPS) is 13.0. The first-order valence-electron chi connectivity index (χ1n) is 8.20. The molecular weight excluding hydrogens is 366 g/mol. The molecule has 0 aromatic carbocycles. The quantitative estimate of drug-likeness (QED) is 0.668. The third kappa shape index (κ3) is 4.36. The van der Waals surface area contributed by atoms with Crippen molar-refractivity contribution in [2.24, 2.45) is 0 Å². The van der Waals surface area contributed by atoms with Crippen LogP contribution in [-0.2, 0) is 0 Å². The van der Waals surface area contributed by atoms with Gasteiger partial charge in [0, 0.05) is 9.75 Å². The van der Waals surface area contributed by atoms with Crippen LogP contribution in [0.5, 0.6) is 0 Å². The first-order valence-corrected chi connectivity index (χ1v) is 9.96. The van der Waals surface area contributed by atoms with Crippen molar-refractivity contribution in [3.63, 3.8) is 0 Å². The minimum Gasteiger partial charge on any atom is -0.343 e. The molecule has 0 saturated carbocycles. The number of rotatable bonds is 6. The van der Waals surface area contributed by atoms with E-state index in [-0.39, 0.29) is 35.3 Å². The molecule has 2 N–H and O–H groups in total. The molecule has 0 aliphatic heterocycles. The lowest BCUT2D eigenvalue weighted by molar-refractivity contribution is 0.0931.